The van der Waals surface area contributed by atoms with Crippen molar-refractivity contribution in [2.75, 3.05) is 13.7 Å². The minimum atomic E-state index is -0.337. The number of hydrogen-bond acceptors (Lipinski definition) is 3. The molecule has 21 heavy (non-hydrogen) atoms. The summed E-state index contributed by atoms with van der Waals surface area (Å²) >= 11 is 3.36. The Morgan fingerprint density at radius 3 is 2.71 bits per heavy atom. The van der Waals surface area contributed by atoms with Crippen molar-refractivity contribution in [2.45, 2.75) is 19.9 Å². The van der Waals surface area contributed by atoms with Gasteiger partial charge in [0.15, 0.2) is 0 Å². The predicted octanol–water partition coefficient (Wildman–Crippen LogP) is 2.11. The maximum Gasteiger partial charge on any atom is 0.244 e. The number of ether oxygens (including phenoxy) is 1. The van der Waals surface area contributed by atoms with E-state index in [-0.39, 0.29) is 24.4 Å². The molecule has 0 bridgehead atoms. The molecule has 0 fully saturated rings. The Bertz CT molecular complexity index is 542. The van der Waals surface area contributed by atoms with E-state index < -0.39 is 0 Å². The molecule has 0 aromatic heterocycles. The second-order valence-corrected chi connectivity index (χ2v) is 5.58. The topological polar surface area (TPSA) is 67.4 Å². The van der Waals surface area contributed by atoms with Gasteiger partial charge in [0.05, 0.1) is 13.7 Å². The lowest BCUT2D eigenvalue weighted by Gasteiger charge is -2.08. The third kappa shape index (κ3) is 6.44. The standard InChI is InChI=1S/C15H19BrN2O3/c1-10(2)18-15(20)9-17-14(19)7-4-11-8-12(16)5-6-13(11)21-3/h4-8,10H,9H2,1-3H3,(H,17,19)(H,18,20)/b7-4+. The van der Waals surface area contributed by atoms with Gasteiger partial charge in [-0.05, 0) is 38.1 Å². The van der Waals surface area contributed by atoms with Crippen molar-refractivity contribution in [3.05, 3.63) is 34.3 Å². The highest BCUT2D eigenvalue weighted by Gasteiger charge is 2.05. The van der Waals surface area contributed by atoms with Crippen LogP contribution >= 0.6 is 15.9 Å². The number of amides is 2. The normalized spacial score (nSPS) is 10.7. The van der Waals surface area contributed by atoms with Crippen molar-refractivity contribution in [1.29, 1.82) is 0 Å². The second-order valence-electron chi connectivity index (χ2n) is 4.66. The molecule has 0 atom stereocenters. The van der Waals surface area contributed by atoms with Gasteiger partial charge < -0.3 is 15.4 Å². The summed E-state index contributed by atoms with van der Waals surface area (Å²) in [7, 11) is 1.57. The number of nitrogens with one attached hydrogen (secondary N) is 2. The molecule has 114 valence electrons. The molecule has 2 amide bonds. The molecule has 0 saturated heterocycles. The highest BCUT2D eigenvalue weighted by Crippen LogP contribution is 2.23. The largest absolute Gasteiger partial charge is 0.496 e. The first-order chi connectivity index (χ1) is 9.92. The maximum absolute atomic E-state index is 11.7. The summed E-state index contributed by atoms with van der Waals surface area (Å²) in [5.74, 6) is 0.113. The van der Waals surface area contributed by atoms with E-state index in [0.717, 1.165) is 10.0 Å². The first kappa shape index (κ1) is 17.2. The van der Waals surface area contributed by atoms with Crippen LogP contribution in [0.4, 0.5) is 0 Å². The van der Waals surface area contributed by atoms with Crippen molar-refractivity contribution in [1.82, 2.24) is 10.6 Å². The van der Waals surface area contributed by atoms with Crippen LogP contribution in [0.1, 0.15) is 19.4 Å². The van der Waals surface area contributed by atoms with Gasteiger partial charge in [0.2, 0.25) is 11.8 Å². The molecule has 0 radical (unpaired) electrons. The summed E-state index contributed by atoms with van der Waals surface area (Å²) in [5, 5.41) is 5.21. The minimum absolute atomic E-state index is 0.0447. The van der Waals surface area contributed by atoms with E-state index in [9.17, 15) is 9.59 Å². The van der Waals surface area contributed by atoms with Crippen LogP contribution < -0.4 is 15.4 Å². The van der Waals surface area contributed by atoms with Crippen LogP contribution in [0.15, 0.2) is 28.7 Å². The van der Waals surface area contributed by atoms with E-state index in [4.69, 9.17) is 4.74 Å². The number of benzene rings is 1. The van der Waals surface area contributed by atoms with Crippen LogP contribution in [-0.4, -0.2) is 31.5 Å². The molecular weight excluding hydrogens is 336 g/mol. The van der Waals surface area contributed by atoms with E-state index in [0.29, 0.717) is 5.75 Å². The monoisotopic (exact) mass is 354 g/mol. The van der Waals surface area contributed by atoms with Gasteiger partial charge >= 0.3 is 0 Å². The van der Waals surface area contributed by atoms with Gasteiger partial charge in [-0.25, -0.2) is 0 Å². The van der Waals surface area contributed by atoms with Crippen molar-refractivity contribution in [2.24, 2.45) is 0 Å². The zero-order valence-electron chi connectivity index (χ0n) is 12.3. The van der Waals surface area contributed by atoms with Gasteiger partial charge in [-0.1, -0.05) is 15.9 Å². The number of carbonyl (C=O) groups excluding carboxylic acids is 2. The quantitative estimate of drug-likeness (QED) is 0.768. The van der Waals surface area contributed by atoms with Crippen LogP contribution in [0.3, 0.4) is 0 Å². The molecule has 0 saturated carbocycles. The molecule has 1 aromatic rings. The van der Waals surface area contributed by atoms with Crippen molar-refractivity contribution < 1.29 is 14.3 Å². The van der Waals surface area contributed by atoms with Crippen LogP contribution in [0.5, 0.6) is 5.75 Å². The smallest absolute Gasteiger partial charge is 0.244 e. The van der Waals surface area contributed by atoms with Crippen LogP contribution in [-0.2, 0) is 9.59 Å². The average Bonchev–Trinajstić information content (AvgIpc) is 2.42. The third-order valence-electron chi connectivity index (χ3n) is 2.48. The Morgan fingerprint density at radius 1 is 1.38 bits per heavy atom. The van der Waals surface area contributed by atoms with Gasteiger partial charge in [-0.2, -0.15) is 0 Å². The summed E-state index contributed by atoms with van der Waals surface area (Å²) < 4.78 is 6.10. The fourth-order valence-electron chi connectivity index (χ4n) is 1.60. The number of methoxy groups -OCH3 is 1. The lowest BCUT2D eigenvalue weighted by Crippen LogP contribution is -2.39. The molecule has 0 aliphatic rings. The zero-order chi connectivity index (χ0) is 15.8. The molecule has 5 nitrogen and oxygen atoms in total. The number of hydrogen-bond donors (Lipinski definition) is 2. The fraction of sp³-hybridized carbons (Fsp3) is 0.333. The third-order valence-corrected chi connectivity index (χ3v) is 2.97. The van der Waals surface area contributed by atoms with E-state index in [1.165, 1.54) is 6.08 Å². The van der Waals surface area contributed by atoms with Crippen LogP contribution in [0, 0.1) is 0 Å². The molecule has 0 heterocycles. The SMILES string of the molecule is COc1ccc(Br)cc1/C=C/C(=O)NCC(=O)NC(C)C. The van der Waals surface area contributed by atoms with Gasteiger partial charge in [0.1, 0.15) is 5.75 Å². The van der Waals surface area contributed by atoms with Gasteiger partial charge in [0, 0.05) is 22.2 Å². The molecule has 1 rings (SSSR count). The molecule has 2 N–H and O–H groups in total. The molecule has 0 unspecified atom stereocenters. The van der Waals surface area contributed by atoms with E-state index in [1.54, 1.807) is 19.3 Å². The van der Waals surface area contributed by atoms with E-state index in [2.05, 4.69) is 26.6 Å². The highest BCUT2D eigenvalue weighted by atomic mass is 79.9. The first-order valence-corrected chi connectivity index (χ1v) is 7.30. The number of carbonyl (C=O) groups is 2. The Kier molecular flexibility index (Phi) is 6.94. The van der Waals surface area contributed by atoms with Crippen LogP contribution in [0.25, 0.3) is 6.08 Å². The molecule has 6 heteroatoms. The number of rotatable bonds is 6. The lowest BCUT2D eigenvalue weighted by molar-refractivity contribution is -0.124. The Labute approximate surface area is 132 Å². The highest BCUT2D eigenvalue weighted by molar-refractivity contribution is 9.10. The Hall–Kier alpha value is -1.82. The Morgan fingerprint density at radius 2 is 2.10 bits per heavy atom. The zero-order valence-corrected chi connectivity index (χ0v) is 13.9. The number of halogens is 1. The molecule has 0 spiro atoms. The van der Waals surface area contributed by atoms with Gasteiger partial charge in [-0.15, -0.1) is 0 Å². The molecule has 0 aliphatic carbocycles. The second kappa shape index (κ2) is 8.46. The summed E-state index contributed by atoms with van der Waals surface area (Å²) in [6.45, 7) is 3.68. The van der Waals surface area contributed by atoms with Crippen molar-refractivity contribution in [3.8, 4) is 5.75 Å². The summed E-state index contributed by atoms with van der Waals surface area (Å²) in [4.78, 5) is 23.1. The fourth-order valence-corrected chi connectivity index (χ4v) is 1.98. The Balaban J connectivity index is 2.58. The molecule has 0 aliphatic heterocycles. The summed E-state index contributed by atoms with van der Waals surface area (Å²) in [5.41, 5.74) is 0.772. The van der Waals surface area contributed by atoms with Crippen molar-refractivity contribution >= 4 is 33.8 Å². The van der Waals surface area contributed by atoms with E-state index in [1.807, 2.05) is 26.0 Å². The molecular formula is C15H19BrN2O3. The minimum Gasteiger partial charge on any atom is -0.496 e. The van der Waals surface area contributed by atoms with E-state index >= 15 is 0 Å². The van der Waals surface area contributed by atoms with Crippen LogP contribution in [0.2, 0.25) is 0 Å². The maximum atomic E-state index is 11.7. The van der Waals surface area contributed by atoms with Gasteiger partial charge in [-0.3, -0.25) is 9.59 Å². The average molecular weight is 355 g/mol. The predicted molar refractivity (Wildman–Crippen MR) is 86.0 cm³/mol. The van der Waals surface area contributed by atoms with Gasteiger partial charge in [0.25, 0.3) is 0 Å². The van der Waals surface area contributed by atoms with Crippen molar-refractivity contribution in [3.63, 3.8) is 0 Å². The first-order valence-electron chi connectivity index (χ1n) is 6.51. The summed E-state index contributed by atoms with van der Waals surface area (Å²) in [6.07, 6.45) is 3.01. The lowest BCUT2D eigenvalue weighted by atomic mass is 10.2. The molecule has 1 aromatic carbocycles. The summed E-state index contributed by atoms with van der Waals surface area (Å²) in [6, 6.07) is 5.55.